The van der Waals surface area contributed by atoms with Crippen LogP contribution in [0.25, 0.3) is 0 Å². The van der Waals surface area contributed by atoms with Crippen LogP contribution in [0.1, 0.15) is 41.9 Å². The Hall–Kier alpha value is -1.23. The first-order valence-corrected chi connectivity index (χ1v) is 8.50. The van der Waals surface area contributed by atoms with Crippen molar-refractivity contribution in [1.29, 1.82) is 0 Å². The van der Waals surface area contributed by atoms with Gasteiger partial charge in [-0.1, -0.05) is 30.3 Å². The number of benzene rings is 1. The van der Waals surface area contributed by atoms with Crippen LogP contribution in [0, 0.1) is 0 Å². The van der Waals surface area contributed by atoms with Crippen molar-refractivity contribution in [2.45, 2.75) is 50.8 Å². The van der Waals surface area contributed by atoms with Crippen molar-refractivity contribution in [3.8, 4) is 0 Å². The normalized spacial score (nSPS) is 17.6. The summed E-state index contributed by atoms with van der Waals surface area (Å²) in [5, 5.41) is 17.1. The van der Waals surface area contributed by atoms with Crippen LogP contribution in [0.3, 0.4) is 0 Å². The highest BCUT2D eigenvalue weighted by atomic mass is 32.1. The zero-order valence-electron chi connectivity index (χ0n) is 12.3. The van der Waals surface area contributed by atoms with E-state index in [0.29, 0.717) is 6.42 Å². The maximum atomic E-state index is 10.3. The summed E-state index contributed by atoms with van der Waals surface area (Å²) in [4.78, 5) is 4.66. The molecule has 0 bridgehead atoms. The van der Waals surface area contributed by atoms with Crippen LogP contribution in [0.4, 0.5) is 0 Å². The van der Waals surface area contributed by atoms with Crippen molar-refractivity contribution in [3.05, 3.63) is 52.0 Å². The molecule has 0 radical (unpaired) electrons. The number of aliphatic hydroxyl groups is 1. The van der Waals surface area contributed by atoms with E-state index in [1.165, 1.54) is 23.4 Å². The second-order valence-corrected chi connectivity index (χ2v) is 6.77. The SMILES string of the molecule is CC(NCc1csc(C2CC2)n1)C(O)Cc1ccccc1. The van der Waals surface area contributed by atoms with Gasteiger partial charge in [0.2, 0.25) is 0 Å². The molecule has 0 saturated heterocycles. The lowest BCUT2D eigenvalue weighted by molar-refractivity contribution is 0.134. The van der Waals surface area contributed by atoms with Crippen LogP contribution >= 0.6 is 11.3 Å². The summed E-state index contributed by atoms with van der Waals surface area (Å²) in [7, 11) is 0. The molecule has 1 aromatic heterocycles. The maximum absolute atomic E-state index is 10.3. The van der Waals surface area contributed by atoms with E-state index in [-0.39, 0.29) is 12.1 Å². The smallest absolute Gasteiger partial charge is 0.0959 e. The third kappa shape index (κ3) is 4.13. The van der Waals surface area contributed by atoms with Crippen LogP contribution < -0.4 is 5.32 Å². The second-order valence-electron chi connectivity index (χ2n) is 5.88. The van der Waals surface area contributed by atoms with Gasteiger partial charge in [0.05, 0.1) is 16.8 Å². The van der Waals surface area contributed by atoms with E-state index in [1.54, 1.807) is 11.3 Å². The lowest BCUT2D eigenvalue weighted by Gasteiger charge is -2.20. The van der Waals surface area contributed by atoms with Crippen LogP contribution in [-0.2, 0) is 13.0 Å². The lowest BCUT2D eigenvalue weighted by Crippen LogP contribution is -2.38. The summed E-state index contributed by atoms with van der Waals surface area (Å²) >= 11 is 1.77. The van der Waals surface area contributed by atoms with Gasteiger partial charge in [-0.25, -0.2) is 4.98 Å². The largest absolute Gasteiger partial charge is 0.391 e. The van der Waals surface area contributed by atoms with Crippen LogP contribution in [0.15, 0.2) is 35.7 Å². The molecule has 1 aromatic carbocycles. The molecule has 3 rings (SSSR count). The van der Waals surface area contributed by atoms with Gasteiger partial charge >= 0.3 is 0 Å². The maximum Gasteiger partial charge on any atom is 0.0959 e. The number of hydrogen-bond donors (Lipinski definition) is 2. The summed E-state index contributed by atoms with van der Waals surface area (Å²) in [5.41, 5.74) is 2.27. The average Bonchev–Trinajstić information content (AvgIpc) is 3.25. The van der Waals surface area contributed by atoms with Crippen molar-refractivity contribution in [2.75, 3.05) is 0 Å². The fraction of sp³-hybridized carbons (Fsp3) is 0.471. The molecule has 112 valence electrons. The molecule has 2 unspecified atom stereocenters. The zero-order chi connectivity index (χ0) is 14.7. The van der Waals surface area contributed by atoms with Gasteiger partial charge < -0.3 is 10.4 Å². The van der Waals surface area contributed by atoms with E-state index in [0.717, 1.165) is 18.2 Å². The molecule has 0 spiro atoms. The molecule has 0 aliphatic heterocycles. The quantitative estimate of drug-likeness (QED) is 0.826. The Balaban J connectivity index is 1.47. The number of aliphatic hydroxyl groups excluding tert-OH is 1. The first-order chi connectivity index (χ1) is 10.2. The monoisotopic (exact) mass is 302 g/mol. The molecule has 2 aromatic rings. The Morgan fingerprint density at radius 2 is 2.10 bits per heavy atom. The standard InChI is InChI=1S/C17H22N2OS/c1-12(16(20)9-13-5-3-2-4-6-13)18-10-15-11-21-17(19-15)14-7-8-14/h2-6,11-12,14,16,18,20H,7-10H2,1H3. The summed E-state index contributed by atoms with van der Waals surface area (Å²) < 4.78 is 0. The van der Waals surface area contributed by atoms with Gasteiger partial charge in [0, 0.05) is 23.9 Å². The van der Waals surface area contributed by atoms with E-state index >= 15 is 0 Å². The van der Waals surface area contributed by atoms with E-state index in [2.05, 4.69) is 27.8 Å². The minimum atomic E-state index is -0.381. The van der Waals surface area contributed by atoms with Gasteiger partial charge in [-0.05, 0) is 31.7 Å². The van der Waals surface area contributed by atoms with E-state index < -0.39 is 0 Å². The van der Waals surface area contributed by atoms with Crippen LogP contribution in [0.2, 0.25) is 0 Å². The molecule has 1 saturated carbocycles. The third-order valence-corrected chi connectivity index (χ3v) is 5.02. The topological polar surface area (TPSA) is 45.2 Å². The van der Waals surface area contributed by atoms with Gasteiger partial charge in [0.25, 0.3) is 0 Å². The Labute approximate surface area is 130 Å². The van der Waals surface area contributed by atoms with E-state index in [1.807, 2.05) is 25.1 Å². The second kappa shape index (κ2) is 6.69. The highest BCUT2D eigenvalue weighted by Crippen LogP contribution is 2.41. The van der Waals surface area contributed by atoms with Gasteiger partial charge in [0.15, 0.2) is 0 Å². The zero-order valence-corrected chi connectivity index (χ0v) is 13.1. The Kier molecular flexibility index (Phi) is 4.68. The molecule has 4 heteroatoms. The lowest BCUT2D eigenvalue weighted by atomic mass is 10.0. The van der Waals surface area contributed by atoms with Crippen molar-refractivity contribution in [1.82, 2.24) is 10.3 Å². The summed E-state index contributed by atoms with van der Waals surface area (Å²) in [6, 6.07) is 10.2. The highest BCUT2D eigenvalue weighted by Gasteiger charge is 2.26. The molecule has 2 atom stereocenters. The first-order valence-electron chi connectivity index (χ1n) is 7.62. The number of thiazole rings is 1. The van der Waals surface area contributed by atoms with Crippen LogP contribution in [0.5, 0.6) is 0 Å². The van der Waals surface area contributed by atoms with E-state index in [9.17, 15) is 5.11 Å². The fourth-order valence-corrected chi connectivity index (χ4v) is 3.35. The molecular weight excluding hydrogens is 280 g/mol. The molecule has 0 amide bonds. The summed E-state index contributed by atoms with van der Waals surface area (Å²) in [6.45, 7) is 2.76. The summed E-state index contributed by atoms with van der Waals surface area (Å²) in [6.07, 6.45) is 2.90. The summed E-state index contributed by atoms with van der Waals surface area (Å²) in [5.74, 6) is 0.727. The molecule has 1 fully saturated rings. The van der Waals surface area contributed by atoms with Gasteiger partial charge in [-0.3, -0.25) is 0 Å². The van der Waals surface area contributed by atoms with E-state index in [4.69, 9.17) is 0 Å². The number of rotatable bonds is 7. The fourth-order valence-electron chi connectivity index (χ4n) is 2.36. The average molecular weight is 302 g/mol. The van der Waals surface area contributed by atoms with Gasteiger partial charge in [0.1, 0.15) is 0 Å². The highest BCUT2D eigenvalue weighted by molar-refractivity contribution is 7.09. The number of nitrogens with zero attached hydrogens (tertiary/aromatic N) is 1. The number of nitrogens with one attached hydrogen (secondary N) is 1. The molecule has 3 nitrogen and oxygen atoms in total. The van der Waals surface area contributed by atoms with Gasteiger partial charge in [-0.15, -0.1) is 11.3 Å². The predicted molar refractivity (Wildman–Crippen MR) is 86.5 cm³/mol. The Morgan fingerprint density at radius 1 is 1.33 bits per heavy atom. The molecular formula is C17H22N2OS. The van der Waals surface area contributed by atoms with Crippen molar-refractivity contribution in [3.63, 3.8) is 0 Å². The third-order valence-electron chi connectivity index (χ3n) is 3.97. The molecule has 2 N–H and O–H groups in total. The van der Waals surface area contributed by atoms with Crippen molar-refractivity contribution < 1.29 is 5.11 Å². The predicted octanol–water partition coefficient (Wildman–Crippen LogP) is 3.10. The molecule has 1 aliphatic carbocycles. The first kappa shape index (κ1) is 14.7. The molecule has 1 heterocycles. The molecule has 1 aliphatic rings. The number of hydrogen-bond acceptors (Lipinski definition) is 4. The van der Waals surface area contributed by atoms with Crippen molar-refractivity contribution >= 4 is 11.3 Å². The van der Waals surface area contributed by atoms with Crippen molar-refractivity contribution in [2.24, 2.45) is 0 Å². The van der Waals surface area contributed by atoms with Crippen LogP contribution in [-0.4, -0.2) is 22.2 Å². The minimum absolute atomic E-state index is 0.0521. The molecule has 21 heavy (non-hydrogen) atoms. The number of aromatic nitrogens is 1. The van der Waals surface area contributed by atoms with Gasteiger partial charge in [-0.2, -0.15) is 0 Å². The Bertz CT molecular complexity index is 565. The Morgan fingerprint density at radius 3 is 2.81 bits per heavy atom. The minimum Gasteiger partial charge on any atom is -0.391 e.